The molecule has 0 saturated carbocycles. The highest BCUT2D eigenvalue weighted by Gasteiger charge is 2.09. The topological polar surface area (TPSA) is 76.5 Å². The van der Waals surface area contributed by atoms with E-state index in [0.29, 0.717) is 5.69 Å². The minimum Gasteiger partial charge on any atom is -0.497 e. The molecule has 0 atom stereocenters. The standard InChI is InChI=1S/C19H15BrN4O2/c1-26-16-8-4-14(5-9-16)17-11-21-12-18(23-17)19(25)24-22-10-13-2-6-15(20)7-3-13/h2-12H,1H3,(H,24,25)/b22-10+. The van der Waals surface area contributed by atoms with E-state index in [-0.39, 0.29) is 5.69 Å². The average Bonchev–Trinajstić information content (AvgIpc) is 2.69. The van der Waals surface area contributed by atoms with Gasteiger partial charge in [0.05, 0.1) is 31.4 Å². The summed E-state index contributed by atoms with van der Waals surface area (Å²) in [4.78, 5) is 20.6. The molecule has 1 amide bonds. The lowest BCUT2D eigenvalue weighted by molar-refractivity contribution is 0.0950. The Morgan fingerprint density at radius 1 is 1.12 bits per heavy atom. The Balaban J connectivity index is 1.70. The number of hydrazone groups is 1. The number of hydrogen-bond donors (Lipinski definition) is 1. The summed E-state index contributed by atoms with van der Waals surface area (Å²) >= 11 is 3.36. The van der Waals surface area contributed by atoms with Crippen molar-refractivity contribution in [1.82, 2.24) is 15.4 Å². The van der Waals surface area contributed by atoms with E-state index in [1.165, 1.54) is 6.20 Å². The van der Waals surface area contributed by atoms with Crippen molar-refractivity contribution in [3.8, 4) is 17.0 Å². The quantitative estimate of drug-likeness (QED) is 0.514. The van der Waals surface area contributed by atoms with Crippen LogP contribution in [0.4, 0.5) is 0 Å². The molecule has 0 saturated heterocycles. The highest BCUT2D eigenvalue weighted by atomic mass is 79.9. The van der Waals surface area contributed by atoms with Gasteiger partial charge in [-0.3, -0.25) is 9.78 Å². The Labute approximate surface area is 159 Å². The second-order valence-corrected chi connectivity index (χ2v) is 6.18. The second kappa shape index (κ2) is 8.35. The number of ether oxygens (including phenoxy) is 1. The number of aromatic nitrogens is 2. The van der Waals surface area contributed by atoms with E-state index >= 15 is 0 Å². The highest BCUT2D eigenvalue weighted by Crippen LogP contribution is 2.20. The van der Waals surface area contributed by atoms with Crippen molar-refractivity contribution in [2.75, 3.05) is 7.11 Å². The number of amides is 1. The first-order valence-electron chi connectivity index (χ1n) is 7.71. The molecule has 1 N–H and O–H groups in total. The van der Waals surface area contributed by atoms with Gasteiger partial charge in [-0.25, -0.2) is 10.4 Å². The van der Waals surface area contributed by atoms with Crippen LogP contribution in [0.2, 0.25) is 0 Å². The number of hydrogen-bond acceptors (Lipinski definition) is 5. The minimum atomic E-state index is -0.429. The molecule has 0 fully saturated rings. The van der Waals surface area contributed by atoms with Crippen LogP contribution < -0.4 is 10.2 Å². The van der Waals surface area contributed by atoms with Crippen LogP contribution in [-0.4, -0.2) is 29.2 Å². The van der Waals surface area contributed by atoms with E-state index in [1.54, 1.807) is 19.5 Å². The number of halogens is 1. The summed E-state index contributed by atoms with van der Waals surface area (Å²) in [6, 6.07) is 14.9. The number of carbonyl (C=O) groups is 1. The van der Waals surface area contributed by atoms with Crippen LogP contribution in [0.5, 0.6) is 5.75 Å². The lowest BCUT2D eigenvalue weighted by Gasteiger charge is -2.04. The summed E-state index contributed by atoms with van der Waals surface area (Å²) in [6.45, 7) is 0. The summed E-state index contributed by atoms with van der Waals surface area (Å²) in [5, 5.41) is 3.95. The summed E-state index contributed by atoms with van der Waals surface area (Å²) < 4.78 is 6.11. The molecule has 0 aliphatic heterocycles. The van der Waals surface area contributed by atoms with Gasteiger partial charge >= 0.3 is 0 Å². The third-order valence-electron chi connectivity index (χ3n) is 3.50. The highest BCUT2D eigenvalue weighted by molar-refractivity contribution is 9.10. The molecule has 0 unspecified atom stereocenters. The molecule has 0 bridgehead atoms. The molecule has 130 valence electrons. The molecule has 0 aliphatic rings. The lowest BCUT2D eigenvalue weighted by Crippen LogP contribution is -2.19. The number of nitrogens with zero attached hydrogens (tertiary/aromatic N) is 3. The maximum absolute atomic E-state index is 12.2. The van der Waals surface area contributed by atoms with E-state index in [0.717, 1.165) is 21.3 Å². The van der Waals surface area contributed by atoms with Crippen LogP contribution in [0.15, 0.2) is 70.5 Å². The molecule has 0 aliphatic carbocycles. The third-order valence-corrected chi connectivity index (χ3v) is 4.03. The van der Waals surface area contributed by atoms with Crippen molar-refractivity contribution in [2.45, 2.75) is 0 Å². The SMILES string of the molecule is COc1ccc(-c2cncc(C(=O)N/N=C/c3ccc(Br)cc3)n2)cc1. The summed E-state index contributed by atoms with van der Waals surface area (Å²) in [6.07, 6.45) is 4.56. The van der Waals surface area contributed by atoms with Crippen molar-refractivity contribution >= 4 is 28.1 Å². The maximum Gasteiger partial charge on any atom is 0.291 e. The second-order valence-electron chi connectivity index (χ2n) is 5.27. The normalized spacial score (nSPS) is 10.7. The van der Waals surface area contributed by atoms with E-state index in [4.69, 9.17) is 4.74 Å². The number of benzene rings is 2. The molecule has 2 aromatic carbocycles. The predicted molar refractivity (Wildman–Crippen MR) is 103 cm³/mol. The molecule has 6 nitrogen and oxygen atoms in total. The monoisotopic (exact) mass is 410 g/mol. The van der Waals surface area contributed by atoms with E-state index in [1.807, 2.05) is 48.5 Å². The minimum absolute atomic E-state index is 0.186. The lowest BCUT2D eigenvalue weighted by atomic mass is 10.1. The van der Waals surface area contributed by atoms with Crippen molar-refractivity contribution in [3.63, 3.8) is 0 Å². The smallest absolute Gasteiger partial charge is 0.291 e. The molecule has 1 aromatic heterocycles. The van der Waals surface area contributed by atoms with Gasteiger partial charge in [0.25, 0.3) is 5.91 Å². The zero-order valence-corrected chi connectivity index (χ0v) is 15.5. The van der Waals surface area contributed by atoms with E-state index in [2.05, 4.69) is 36.4 Å². The van der Waals surface area contributed by atoms with Gasteiger partial charge in [0.1, 0.15) is 11.4 Å². The summed E-state index contributed by atoms with van der Waals surface area (Å²) in [7, 11) is 1.61. The molecule has 3 rings (SSSR count). The van der Waals surface area contributed by atoms with Crippen LogP contribution in [0.3, 0.4) is 0 Å². The molecule has 0 radical (unpaired) electrons. The molecular weight excluding hydrogens is 396 g/mol. The number of rotatable bonds is 5. The summed E-state index contributed by atoms with van der Waals surface area (Å²) in [5.74, 6) is 0.319. The zero-order chi connectivity index (χ0) is 18.4. The van der Waals surface area contributed by atoms with E-state index in [9.17, 15) is 4.79 Å². The molecule has 3 aromatic rings. The largest absolute Gasteiger partial charge is 0.497 e. The fourth-order valence-electron chi connectivity index (χ4n) is 2.15. The summed E-state index contributed by atoms with van der Waals surface area (Å²) in [5.41, 5.74) is 4.94. The first-order valence-corrected chi connectivity index (χ1v) is 8.50. The molecule has 0 spiro atoms. The van der Waals surface area contributed by atoms with Gasteiger partial charge < -0.3 is 4.74 Å². The van der Waals surface area contributed by atoms with Gasteiger partial charge in [-0.15, -0.1) is 0 Å². The molecule has 26 heavy (non-hydrogen) atoms. The van der Waals surface area contributed by atoms with Crippen molar-refractivity contribution in [2.24, 2.45) is 5.10 Å². The van der Waals surface area contributed by atoms with Gasteiger partial charge in [-0.2, -0.15) is 5.10 Å². The van der Waals surface area contributed by atoms with Crippen LogP contribution in [0, 0.1) is 0 Å². The first kappa shape index (κ1) is 17.8. The van der Waals surface area contributed by atoms with Gasteiger partial charge in [-0.05, 0) is 42.0 Å². The third kappa shape index (κ3) is 4.52. The Morgan fingerprint density at radius 3 is 2.54 bits per heavy atom. The number of methoxy groups -OCH3 is 1. The Bertz CT molecular complexity index is 925. The number of nitrogens with one attached hydrogen (secondary N) is 1. The molecule has 7 heteroatoms. The maximum atomic E-state index is 12.2. The van der Waals surface area contributed by atoms with Gasteiger partial charge in [0.2, 0.25) is 0 Å². The zero-order valence-electron chi connectivity index (χ0n) is 13.9. The molecule has 1 heterocycles. The van der Waals surface area contributed by atoms with Crippen LogP contribution in [-0.2, 0) is 0 Å². The average molecular weight is 411 g/mol. The van der Waals surface area contributed by atoms with Crippen LogP contribution in [0.1, 0.15) is 16.1 Å². The molecular formula is C19H15BrN4O2. The number of carbonyl (C=O) groups excluding carboxylic acids is 1. The van der Waals surface area contributed by atoms with Gasteiger partial charge in [-0.1, -0.05) is 28.1 Å². The van der Waals surface area contributed by atoms with Gasteiger partial charge in [0.15, 0.2) is 0 Å². The fraction of sp³-hybridized carbons (Fsp3) is 0.0526. The first-order chi connectivity index (χ1) is 12.7. The van der Waals surface area contributed by atoms with Crippen LogP contribution in [0.25, 0.3) is 11.3 Å². The Kier molecular flexibility index (Phi) is 5.70. The van der Waals surface area contributed by atoms with Gasteiger partial charge in [0, 0.05) is 10.0 Å². The van der Waals surface area contributed by atoms with Crippen LogP contribution >= 0.6 is 15.9 Å². The Hall–Kier alpha value is -3.06. The van der Waals surface area contributed by atoms with Crippen molar-refractivity contribution in [1.29, 1.82) is 0 Å². The van der Waals surface area contributed by atoms with E-state index < -0.39 is 5.91 Å². The Morgan fingerprint density at radius 2 is 1.85 bits per heavy atom. The fourth-order valence-corrected chi connectivity index (χ4v) is 2.41. The van der Waals surface area contributed by atoms with Crippen molar-refractivity contribution < 1.29 is 9.53 Å². The van der Waals surface area contributed by atoms with Crippen molar-refractivity contribution in [3.05, 3.63) is 76.7 Å². The predicted octanol–water partition coefficient (Wildman–Crippen LogP) is 3.68.